The summed E-state index contributed by atoms with van der Waals surface area (Å²) in [5.41, 5.74) is 7.49. The van der Waals surface area contributed by atoms with Crippen LogP contribution in [0.1, 0.15) is 18.9 Å². The van der Waals surface area contributed by atoms with Crippen LogP contribution in [0.15, 0.2) is 28.3 Å². The standard InChI is InChI=1S/C14H21N3O2S/c1-9-6-7-17(8-11(9)18)10-4-3-5-12(20-2)13(10)14(15)16-19/h3-5,9,11,18-19H,6-8H2,1-2H3,(H2,15,16). The van der Waals surface area contributed by atoms with Crippen LogP contribution in [-0.4, -0.2) is 41.6 Å². The van der Waals surface area contributed by atoms with Gasteiger partial charge in [-0.1, -0.05) is 18.1 Å². The maximum atomic E-state index is 10.1. The van der Waals surface area contributed by atoms with Crippen molar-refractivity contribution in [3.63, 3.8) is 0 Å². The van der Waals surface area contributed by atoms with E-state index >= 15 is 0 Å². The summed E-state index contributed by atoms with van der Waals surface area (Å²) < 4.78 is 0. The molecule has 5 nitrogen and oxygen atoms in total. The van der Waals surface area contributed by atoms with Crippen LogP contribution in [0, 0.1) is 5.92 Å². The Balaban J connectivity index is 2.41. The van der Waals surface area contributed by atoms with Crippen molar-refractivity contribution in [1.82, 2.24) is 0 Å². The quantitative estimate of drug-likeness (QED) is 0.260. The molecule has 0 radical (unpaired) electrons. The number of benzene rings is 1. The summed E-state index contributed by atoms with van der Waals surface area (Å²) in [5, 5.41) is 22.2. The zero-order chi connectivity index (χ0) is 14.7. The van der Waals surface area contributed by atoms with E-state index in [1.807, 2.05) is 24.5 Å². The smallest absolute Gasteiger partial charge is 0.173 e. The molecule has 0 spiro atoms. The maximum absolute atomic E-state index is 10.1. The second kappa shape index (κ2) is 6.37. The molecule has 4 N–H and O–H groups in total. The number of piperidine rings is 1. The number of anilines is 1. The van der Waals surface area contributed by atoms with Gasteiger partial charge < -0.3 is 20.9 Å². The number of aliphatic hydroxyl groups excluding tert-OH is 1. The molecule has 1 aromatic rings. The molecular weight excluding hydrogens is 274 g/mol. The third kappa shape index (κ3) is 2.86. The van der Waals surface area contributed by atoms with E-state index in [-0.39, 0.29) is 11.9 Å². The fourth-order valence-electron chi connectivity index (χ4n) is 2.53. The highest BCUT2D eigenvalue weighted by molar-refractivity contribution is 7.98. The molecular formula is C14H21N3O2S. The highest BCUT2D eigenvalue weighted by Crippen LogP contribution is 2.32. The van der Waals surface area contributed by atoms with Gasteiger partial charge in [-0.15, -0.1) is 11.8 Å². The van der Waals surface area contributed by atoms with Crippen molar-refractivity contribution in [3.8, 4) is 0 Å². The van der Waals surface area contributed by atoms with Gasteiger partial charge in [0.05, 0.1) is 11.7 Å². The van der Waals surface area contributed by atoms with Crippen LogP contribution < -0.4 is 10.6 Å². The van der Waals surface area contributed by atoms with Crippen molar-refractivity contribution in [2.75, 3.05) is 24.2 Å². The summed E-state index contributed by atoms with van der Waals surface area (Å²) in [6, 6.07) is 5.86. The molecule has 6 heteroatoms. The molecule has 2 atom stereocenters. The van der Waals surface area contributed by atoms with Gasteiger partial charge in [0.15, 0.2) is 5.84 Å². The molecule has 1 aliphatic rings. The summed E-state index contributed by atoms with van der Waals surface area (Å²) in [7, 11) is 0. The first-order valence-electron chi connectivity index (χ1n) is 6.66. The van der Waals surface area contributed by atoms with E-state index in [1.165, 1.54) is 0 Å². The minimum Gasteiger partial charge on any atom is -0.409 e. The van der Waals surface area contributed by atoms with Crippen LogP contribution in [0.5, 0.6) is 0 Å². The first-order valence-corrected chi connectivity index (χ1v) is 7.88. The van der Waals surface area contributed by atoms with Gasteiger partial charge in [0, 0.05) is 23.7 Å². The number of thioether (sulfide) groups is 1. The summed E-state index contributed by atoms with van der Waals surface area (Å²) >= 11 is 1.56. The average molecular weight is 295 g/mol. The van der Waals surface area contributed by atoms with Gasteiger partial charge in [-0.3, -0.25) is 0 Å². The van der Waals surface area contributed by atoms with Gasteiger partial charge in [-0.2, -0.15) is 0 Å². The lowest BCUT2D eigenvalue weighted by Crippen LogP contribution is -2.43. The Bertz CT molecular complexity index is 507. The lowest BCUT2D eigenvalue weighted by atomic mass is 9.95. The fourth-order valence-corrected chi connectivity index (χ4v) is 3.16. The van der Waals surface area contributed by atoms with Crippen LogP contribution >= 0.6 is 11.8 Å². The molecule has 2 unspecified atom stereocenters. The van der Waals surface area contributed by atoms with E-state index in [1.54, 1.807) is 11.8 Å². The van der Waals surface area contributed by atoms with E-state index in [9.17, 15) is 5.11 Å². The molecule has 0 bridgehead atoms. The highest BCUT2D eigenvalue weighted by atomic mass is 32.2. The number of hydrogen-bond donors (Lipinski definition) is 3. The van der Waals surface area contributed by atoms with Crippen molar-refractivity contribution in [1.29, 1.82) is 0 Å². The Morgan fingerprint density at radius 1 is 1.50 bits per heavy atom. The van der Waals surface area contributed by atoms with E-state index in [4.69, 9.17) is 10.9 Å². The first kappa shape index (κ1) is 15.0. The molecule has 0 amide bonds. The second-order valence-corrected chi connectivity index (χ2v) is 5.97. The zero-order valence-corrected chi connectivity index (χ0v) is 12.6. The Morgan fingerprint density at radius 3 is 2.85 bits per heavy atom. The third-order valence-electron chi connectivity index (χ3n) is 3.85. The number of oxime groups is 1. The molecule has 1 saturated heterocycles. The first-order chi connectivity index (χ1) is 9.58. The fraction of sp³-hybridized carbons (Fsp3) is 0.500. The van der Waals surface area contributed by atoms with Crippen LogP contribution in [0.2, 0.25) is 0 Å². The lowest BCUT2D eigenvalue weighted by molar-refractivity contribution is 0.103. The Labute approximate surface area is 123 Å². The predicted octanol–water partition coefficient (Wildman–Crippen LogP) is 1.71. The molecule has 1 aromatic carbocycles. The van der Waals surface area contributed by atoms with Gasteiger partial charge in [-0.25, -0.2) is 0 Å². The second-order valence-electron chi connectivity index (χ2n) is 5.12. The molecule has 1 fully saturated rings. The van der Waals surface area contributed by atoms with E-state index in [2.05, 4.69) is 17.0 Å². The van der Waals surface area contributed by atoms with Gasteiger partial charge in [-0.05, 0) is 30.7 Å². The molecule has 0 aromatic heterocycles. The molecule has 1 aliphatic heterocycles. The van der Waals surface area contributed by atoms with E-state index < -0.39 is 0 Å². The number of amidine groups is 1. The van der Waals surface area contributed by atoms with Gasteiger partial charge in [0.2, 0.25) is 0 Å². The number of nitrogens with zero attached hydrogens (tertiary/aromatic N) is 2. The molecule has 0 saturated carbocycles. The van der Waals surface area contributed by atoms with Crippen molar-refractivity contribution in [3.05, 3.63) is 23.8 Å². The van der Waals surface area contributed by atoms with Crippen molar-refractivity contribution in [2.24, 2.45) is 16.8 Å². The highest BCUT2D eigenvalue weighted by Gasteiger charge is 2.27. The number of aliphatic hydroxyl groups is 1. The molecule has 110 valence electrons. The number of rotatable bonds is 3. The summed E-state index contributed by atoms with van der Waals surface area (Å²) in [6.45, 7) is 3.50. The van der Waals surface area contributed by atoms with Crippen molar-refractivity contribution >= 4 is 23.3 Å². The summed E-state index contributed by atoms with van der Waals surface area (Å²) in [6.07, 6.45) is 2.54. The Morgan fingerprint density at radius 2 is 2.25 bits per heavy atom. The van der Waals surface area contributed by atoms with Gasteiger partial charge in [0.1, 0.15) is 0 Å². The Kier molecular flexibility index (Phi) is 4.77. The SMILES string of the molecule is CSc1cccc(N2CCC(C)C(O)C2)c1/C(N)=N/O. The van der Waals surface area contributed by atoms with Crippen molar-refractivity contribution < 1.29 is 10.3 Å². The topological polar surface area (TPSA) is 82.1 Å². The van der Waals surface area contributed by atoms with E-state index in [0.29, 0.717) is 12.5 Å². The maximum Gasteiger partial charge on any atom is 0.173 e. The minimum absolute atomic E-state index is 0.109. The van der Waals surface area contributed by atoms with Crippen LogP contribution in [-0.2, 0) is 0 Å². The third-order valence-corrected chi connectivity index (χ3v) is 4.63. The normalized spacial score (nSPS) is 23.9. The molecule has 20 heavy (non-hydrogen) atoms. The number of nitrogens with two attached hydrogens (primary N) is 1. The van der Waals surface area contributed by atoms with E-state index in [0.717, 1.165) is 29.1 Å². The summed E-state index contributed by atoms with van der Waals surface area (Å²) in [4.78, 5) is 3.07. The monoisotopic (exact) mass is 295 g/mol. The lowest BCUT2D eigenvalue weighted by Gasteiger charge is -2.37. The average Bonchev–Trinajstić information content (AvgIpc) is 2.48. The minimum atomic E-state index is -0.346. The zero-order valence-electron chi connectivity index (χ0n) is 11.8. The van der Waals surface area contributed by atoms with Crippen LogP contribution in [0.25, 0.3) is 0 Å². The van der Waals surface area contributed by atoms with Crippen LogP contribution in [0.3, 0.4) is 0 Å². The molecule has 2 rings (SSSR count). The predicted molar refractivity (Wildman–Crippen MR) is 82.7 cm³/mol. The molecule has 0 aliphatic carbocycles. The number of hydrogen-bond acceptors (Lipinski definition) is 5. The largest absolute Gasteiger partial charge is 0.409 e. The van der Waals surface area contributed by atoms with Crippen LogP contribution in [0.4, 0.5) is 5.69 Å². The molecule has 1 heterocycles. The Hall–Kier alpha value is -1.40. The van der Waals surface area contributed by atoms with Gasteiger partial charge >= 0.3 is 0 Å². The number of β-amino-alcohol motifs (C(OH)–C–C–N with tert-alkyl or cyclic N) is 1. The van der Waals surface area contributed by atoms with Gasteiger partial charge in [0.25, 0.3) is 0 Å². The summed E-state index contributed by atoms with van der Waals surface area (Å²) in [5.74, 6) is 0.417. The van der Waals surface area contributed by atoms with Crippen molar-refractivity contribution in [2.45, 2.75) is 24.3 Å².